The Bertz CT molecular complexity index is 1160. The highest BCUT2D eigenvalue weighted by atomic mass is 16.5. The topological polar surface area (TPSA) is 122 Å². The standard InChI is InChI=1S/C26H23NO7/c28-24(29)15-33-17-11-9-16(10-12-17)13-23(25(30)31)27-26(32)34-14-22-20-7-3-1-5-18(20)19-6-2-4-8-21(19)22/h1-12,22-23H,13-15H2,(H,27,32)(H,28,29)(H,30,31). The molecule has 8 nitrogen and oxygen atoms in total. The van der Waals surface area contributed by atoms with Crippen molar-refractivity contribution < 1.29 is 34.1 Å². The Morgan fingerprint density at radius 2 is 1.44 bits per heavy atom. The van der Waals surface area contributed by atoms with Gasteiger partial charge in [-0.05, 0) is 39.9 Å². The Morgan fingerprint density at radius 3 is 2.00 bits per heavy atom. The van der Waals surface area contributed by atoms with Crippen LogP contribution >= 0.6 is 0 Å². The molecule has 0 spiro atoms. The third-order valence-corrected chi connectivity index (χ3v) is 5.66. The first kappa shape index (κ1) is 22.8. The number of alkyl carbamates (subject to hydrolysis) is 1. The molecular formula is C26H23NO7. The van der Waals surface area contributed by atoms with Crippen molar-refractivity contribution in [3.8, 4) is 16.9 Å². The summed E-state index contributed by atoms with van der Waals surface area (Å²) in [6.07, 6.45) is -0.783. The van der Waals surface area contributed by atoms with Gasteiger partial charge in [0.1, 0.15) is 18.4 Å². The maximum atomic E-state index is 12.5. The van der Waals surface area contributed by atoms with E-state index in [1.54, 1.807) is 24.3 Å². The minimum Gasteiger partial charge on any atom is -0.482 e. The number of carbonyl (C=O) groups excluding carboxylic acids is 1. The van der Waals surface area contributed by atoms with Crippen LogP contribution in [-0.4, -0.2) is 47.5 Å². The van der Waals surface area contributed by atoms with Crippen molar-refractivity contribution in [1.82, 2.24) is 5.32 Å². The van der Waals surface area contributed by atoms with E-state index in [2.05, 4.69) is 5.32 Å². The molecule has 0 saturated carbocycles. The molecule has 174 valence electrons. The van der Waals surface area contributed by atoms with Gasteiger partial charge in [-0.15, -0.1) is 0 Å². The number of nitrogens with one attached hydrogen (secondary N) is 1. The molecule has 1 atom stereocenters. The van der Waals surface area contributed by atoms with Crippen molar-refractivity contribution in [2.75, 3.05) is 13.2 Å². The molecular weight excluding hydrogens is 438 g/mol. The molecule has 3 aromatic carbocycles. The van der Waals surface area contributed by atoms with Gasteiger partial charge < -0.3 is 25.0 Å². The van der Waals surface area contributed by atoms with Gasteiger partial charge in [0.25, 0.3) is 0 Å². The monoisotopic (exact) mass is 461 g/mol. The summed E-state index contributed by atoms with van der Waals surface area (Å²) in [5, 5.41) is 20.6. The number of carboxylic acids is 2. The Labute approximate surface area is 195 Å². The number of amides is 1. The Hall–Kier alpha value is -4.33. The zero-order valence-electron chi connectivity index (χ0n) is 18.1. The van der Waals surface area contributed by atoms with Crippen LogP contribution in [0.3, 0.4) is 0 Å². The minimum atomic E-state index is -1.19. The maximum absolute atomic E-state index is 12.5. The van der Waals surface area contributed by atoms with E-state index in [9.17, 15) is 19.5 Å². The van der Waals surface area contributed by atoms with Crippen molar-refractivity contribution in [3.63, 3.8) is 0 Å². The summed E-state index contributed by atoms with van der Waals surface area (Å²) in [6.45, 7) is -0.387. The average molecular weight is 461 g/mol. The predicted octanol–water partition coefficient (Wildman–Crippen LogP) is 3.68. The number of aliphatic carboxylic acids is 2. The number of hydrogen-bond acceptors (Lipinski definition) is 5. The number of fused-ring (bicyclic) bond motifs is 3. The van der Waals surface area contributed by atoms with E-state index in [1.165, 1.54) is 0 Å². The highest BCUT2D eigenvalue weighted by molar-refractivity contribution is 5.81. The summed E-state index contributed by atoms with van der Waals surface area (Å²) in [7, 11) is 0. The molecule has 1 aliphatic carbocycles. The highest BCUT2D eigenvalue weighted by Gasteiger charge is 2.29. The number of carbonyl (C=O) groups is 3. The van der Waals surface area contributed by atoms with Gasteiger partial charge in [0.2, 0.25) is 0 Å². The van der Waals surface area contributed by atoms with Gasteiger partial charge in [0, 0.05) is 12.3 Å². The van der Waals surface area contributed by atoms with E-state index in [0.29, 0.717) is 11.3 Å². The van der Waals surface area contributed by atoms with Gasteiger partial charge in [-0.1, -0.05) is 60.7 Å². The van der Waals surface area contributed by atoms with Gasteiger partial charge in [-0.2, -0.15) is 0 Å². The van der Waals surface area contributed by atoms with E-state index < -0.39 is 30.7 Å². The highest BCUT2D eigenvalue weighted by Crippen LogP contribution is 2.44. The van der Waals surface area contributed by atoms with Crippen LogP contribution in [0.25, 0.3) is 11.1 Å². The number of carboxylic acid groups (broad SMARTS) is 2. The fourth-order valence-corrected chi connectivity index (χ4v) is 4.08. The van der Waals surface area contributed by atoms with Gasteiger partial charge in [-0.25, -0.2) is 14.4 Å². The second kappa shape index (κ2) is 10.1. The van der Waals surface area contributed by atoms with E-state index in [0.717, 1.165) is 22.3 Å². The molecule has 0 aliphatic heterocycles. The predicted molar refractivity (Wildman–Crippen MR) is 123 cm³/mol. The Balaban J connectivity index is 1.37. The minimum absolute atomic E-state index is 0.0265. The first-order valence-electron chi connectivity index (χ1n) is 10.7. The molecule has 1 aliphatic rings. The van der Waals surface area contributed by atoms with Crippen molar-refractivity contribution in [2.24, 2.45) is 0 Å². The van der Waals surface area contributed by atoms with Crippen LogP contribution in [-0.2, 0) is 20.7 Å². The second-order valence-electron chi connectivity index (χ2n) is 7.89. The van der Waals surface area contributed by atoms with Gasteiger partial charge >= 0.3 is 18.0 Å². The second-order valence-corrected chi connectivity index (χ2v) is 7.89. The molecule has 4 rings (SSSR count). The van der Waals surface area contributed by atoms with Crippen molar-refractivity contribution >= 4 is 18.0 Å². The van der Waals surface area contributed by atoms with Crippen molar-refractivity contribution in [2.45, 2.75) is 18.4 Å². The zero-order chi connectivity index (χ0) is 24.1. The molecule has 0 saturated heterocycles. The average Bonchev–Trinajstić information content (AvgIpc) is 3.15. The lowest BCUT2D eigenvalue weighted by atomic mass is 9.98. The van der Waals surface area contributed by atoms with E-state index >= 15 is 0 Å². The van der Waals surface area contributed by atoms with Gasteiger partial charge in [0.15, 0.2) is 6.61 Å². The number of ether oxygens (including phenoxy) is 2. The molecule has 3 N–H and O–H groups in total. The summed E-state index contributed by atoms with van der Waals surface area (Å²) in [4.78, 5) is 34.8. The normalized spacial score (nSPS) is 12.8. The summed E-state index contributed by atoms with van der Waals surface area (Å²) in [5.41, 5.74) is 4.97. The SMILES string of the molecule is O=C(O)COc1ccc(CC(NC(=O)OCC2c3ccccc3-c3ccccc32)C(=O)O)cc1. The Morgan fingerprint density at radius 1 is 0.853 bits per heavy atom. The summed E-state index contributed by atoms with van der Waals surface area (Å²) < 4.78 is 10.5. The van der Waals surface area contributed by atoms with Gasteiger partial charge in [-0.3, -0.25) is 0 Å². The molecule has 0 bridgehead atoms. The fourth-order valence-electron chi connectivity index (χ4n) is 4.08. The maximum Gasteiger partial charge on any atom is 0.407 e. The lowest BCUT2D eigenvalue weighted by molar-refractivity contribution is -0.140. The van der Waals surface area contributed by atoms with Crippen molar-refractivity contribution in [1.29, 1.82) is 0 Å². The molecule has 0 heterocycles. The molecule has 8 heteroatoms. The quantitative estimate of drug-likeness (QED) is 0.444. The van der Waals surface area contributed by atoms with Crippen LogP contribution in [0, 0.1) is 0 Å². The van der Waals surface area contributed by atoms with Crippen LogP contribution in [0.5, 0.6) is 5.75 Å². The molecule has 1 unspecified atom stereocenters. The van der Waals surface area contributed by atoms with E-state index in [-0.39, 0.29) is 18.9 Å². The molecule has 3 aromatic rings. The fraction of sp³-hybridized carbons (Fsp3) is 0.192. The number of hydrogen-bond donors (Lipinski definition) is 3. The largest absolute Gasteiger partial charge is 0.482 e. The summed E-state index contributed by atoms with van der Waals surface area (Å²) in [6, 6.07) is 21.0. The third-order valence-electron chi connectivity index (χ3n) is 5.66. The number of benzene rings is 3. The van der Waals surface area contributed by atoms with Gasteiger partial charge in [0.05, 0.1) is 0 Å². The lowest BCUT2D eigenvalue weighted by Gasteiger charge is -2.17. The summed E-state index contributed by atoms with van der Waals surface area (Å²) >= 11 is 0. The van der Waals surface area contributed by atoms with Crippen LogP contribution in [0.1, 0.15) is 22.6 Å². The van der Waals surface area contributed by atoms with E-state index in [4.69, 9.17) is 14.6 Å². The van der Waals surface area contributed by atoms with Crippen LogP contribution in [0.2, 0.25) is 0 Å². The Kier molecular flexibility index (Phi) is 6.77. The third kappa shape index (κ3) is 5.17. The van der Waals surface area contributed by atoms with E-state index in [1.807, 2.05) is 48.5 Å². The lowest BCUT2D eigenvalue weighted by Crippen LogP contribution is -2.42. The summed E-state index contributed by atoms with van der Waals surface area (Å²) in [5.74, 6) is -2.07. The first-order valence-corrected chi connectivity index (χ1v) is 10.7. The smallest absolute Gasteiger partial charge is 0.407 e. The van der Waals surface area contributed by atoms with Crippen molar-refractivity contribution in [3.05, 3.63) is 89.5 Å². The molecule has 1 amide bonds. The molecule has 0 radical (unpaired) electrons. The molecule has 34 heavy (non-hydrogen) atoms. The number of rotatable bonds is 9. The molecule has 0 fully saturated rings. The zero-order valence-corrected chi connectivity index (χ0v) is 18.1. The van der Waals surface area contributed by atoms with Crippen LogP contribution in [0.15, 0.2) is 72.8 Å². The van der Waals surface area contributed by atoms with Crippen LogP contribution < -0.4 is 10.1 Å². The molecule has 0 aromatic heterocycles. The van der Waals surface area contributed by atoms with Crippen LogP contribution in [0.4, 0.5) is 4.79 Å². The first-order chi connectivity index (χ1) is 16.4.